The third-order valence-corrected chi connectivity index (χ3v) is 2.73. The fraction of sp³-hybridized carbons (Fsp3) is 0.800. The van der Waals surface area contributed by atoms with Crippen molar-refractivity contribution in [2.45, 2.75) is 25.8 Å². The molecule has 1 aliphatic rings. The van der Waals surface area contributed by atoms with Gasteiger partial charge in [-0.05, 0) is 12.8 Å². The second-order valence-corrected chi connectivity index (χ2v) is 4.27. The van der Waals surface area contributed by atoms with Crippen LogP contribution in [0.3, 0.4) is 0 Å². The Labute approximate surface area is 94.8 Å². The van der Waals surface area contributed by atoms with Crippen molar-refractivity contribution in [3.05, 3.63) is 0 Å². The molecule has 0 bridgehead atoms. The van der Waals surface area contributed by atoms with Crippen molar-refractivity contribution in [1.29, 1.82) is 0 Å². The van der Waals surface area contributed by atoms with Gasteiger partial charge in [-0.2, -0.15) is 0 Å². The molecular weight excluding hydrogens is 210 g/mol. The minimum atomic E-state index is -0.907. The van der Waals surface area contributed by atoms with Crippen LogP contribution >= 0.6 is 0 Å². The van der Waals surface area contributed by atoms with Crippen molar-refractivity contribution in [2.75, 3.05) is 19.6 Å². The molecule has 0 aliphatic carbocycles. The van der Waals surface area contributed by atoms with Crippen LogP contribution in [0.5, 0.6) is 0 Å². The molecule has 0 spiro atoms. The molecule has 2 atom stereocenters. The number of carboxylic acid groups (broad SMARTS) is 1. The lowest BCUT2D eigenvalue weighted by Gasteiger charge is -2.30. The van der Waals surface area contributed by atoms with Gasteiger partial charge in [-0.25, -0.2) is 4.79 Å². The van der Waals surface area contributed by atoms with Gasteiger partial charge in [0.25, 0.3) is 0 Å². The number of nitrogens with one attached hydrogen (secondary N) is 1. The number of nitrogens with two attached hydrogens (primary N) is 1. The maximum atomic E-state index is 11.6. The van der Waals surface area contributed by atoms with Gasteiger partial charge in [0.15, 0.2) is 0 Å². The Morgan fingerprint density at radius 1 is 1.62 bits per heavy atom. The van der Waals surface area contributed by atoms with E-state index < -0.39 is 11.9 Å². The van der Waals surface area contributed by atoms with Gasteiger partial charge in [-0.15, -0.1) is 0 Å². The molecule has 0 radical (unpaired) electrons. The van der Waals surface area contributed by atoms with E-state index in [0.717, 1.165) is 12.8 Å². The second kappa shape index (κ2) is 5.69. The van der Waals surface area contributed by atoms with Crippen LogP contribution in [0.15, 0.2) is 0 Å². The summed E-state index contributed by atoms with van der Waals surface area (Å²) in [5.41, 5.74) is 5.75. The maximum Gasteiger partial charge on any atom is 0.317 e. The van der Waals surface area contributed by atoms with E-state index in [1.807, 2.05) is 0 Å². The summed E-state index contributed by atoms with van der Waals surface area (Å²) in [5, 5.41) is 11.3. The number of likely N-dealkylation sites (tertiary alicyclic amines) is 1. The molecular formula is C10H19N3O3. The van der Waals surface area contributed by atoms with Crippen molar-refractivity contribution in [1.82, 2.24) is 10.2 Å². The monoisotopic (exact) mass is 229 g/mol. The summed E-state index contributed by atoms with van der Waals surface area (Å²) in [6.45, 7) is 2.96. The number of rotatable bonds is 3. The Morgan fingerprint density at radius 2 is 2.31 bits per heavy atom. The molecule has 0 aromatic carbocycles. The van der Waals surface area contributed by atoms with E-state index in [9.17, 15) is 9.59 Å². The molecule has 92 valence electrons. The standard InChI is InChI=1S/C10H19N3O3/c1-7(9(14)15)5-12-10(16)13-4-2-3-8(11)6-13/h7-8H,2-6,11H2,1H3,(H,12,16)(H,14,15). The third-order valence-electron chi connectivity index (χ3n) is 2.73. The summed E-state index contributed by atoms with van der Waals surface area (Å²) >= 11 is 0. The van der Waals surface area contributed by atoms with Gasteiger partial charge >= 0.3 is 12.0 Å². The number of hydrogen-bond acceptors (Lipinski definition) is 3. The predicted molar refractivity (Wildman–Crippen MR) is 59.0 cm³/mol. The molecule has 0 saturated carbocycles. The number of carbonyl (C=O) groups is 2. The highest BCUT2D eigenvalue weighted by Crippen LogP contribution is 2.08. The van der Waals surface area contributed by atoms with Crippen molar-refractivity contribution in [3.8, 4) is 0 Å². The van der Waals surface area contributed by atoms with Gasteiger partial charge < -0.3 is 21.1 Å². The number of nitrogens with zero attached hydrogens (tertiary/aromatic N) is 1. The molecule has 6 nitrogen and oxygen atoms in total. The smallest absolute Gasteiger partial charge is 0.317 e. The lowest BCUT2D eigenvalue weighted by atomic mass is 10.1. The third kappa shape index (κ3) is 3.69. The number of piperidine rings is 1. The summed E-state index contributed by atoms with van der Waals surface area (Å²) < 4.78 is 0. The van der Waals surface area contributed by atoms with E-state index in [4.69, 9.17) is 10.8 Å². The molecule has 1 rings (SSSR count). The van der Waals surface area contributed by atoms with E-state index in [0.29, 0.717) is 13.1 Å². The molecule has 6 heteroatoms. The van der Waals surface area contributed by atoms with E-state index in [-0.39, 0.29) is 18.6 Å². The highest BCUT2D eigenvalue weighted by atomic mass is 16.4. The van der Waals surface area contributed by atoms with Crippen LogP contribution in [-0.2, 0) is 4.79 Å². The molecule has 1 fully saturated rings. The molecule has 1 aliphatic heterocycles. The Hall–Kier alpha value is -1.30. The highest BCUT2D eigenvalue weighted by Gasteiger charge is 2.21. The summed E-state index contributed by atoms with van der Waals surface area (Å²) in [7, 11) is 0. The zero-order valence-electron chi connectivity index (χ0n) is 9.48. The van der Waals surface area contributed by atoms with E-state index in [1.165, 1.54) is 0 Å². The van der Waals surface area contributed by atoms with Crippen molar-refractivity contribution in [3.63, 3.8) is 0 Å². The second-order valence-electron chi connectivity index (χ2n) is 4.27. The average molecular weight is 229 g/mol. The SMILES string of the molecule is CC(CNC(=O)N1CCCC(N)C1)C(=O)O. The average Bonchev–Trinajstić information content (AvgIpc) is 2.25. The van der Waals surface area contributed by atoms with E-state index in [1.54, 1.807) is 11.8 Å². The number of amides is 2. The molecule has 2 amide bonds. The van der Waals surface area contributed by atoms with Gasteiger partial charge in [0.1, 0.15) is 0 Å². The number of carboxylic acids is 1. The van der Waals surface area contributed by atoms with Gasteiger partial charge in [-0.3, -0.25) is 4.79 Å². The Morgan fingerprint density at radius 3 is 2.88 bits per heavy atom. The van der Waals surface area contributed by atoms with Crippen molar-refractivity contribution < 1.29 is 14.7 Å². The van der Waals surface area contributed by atoms with Crippen LogP contribution in [-0.4, -0.2) is 47.7 Å². The number of hydrogen-bond donors (Lipinski definition) is 3. The van der Waals surface area contributed by atoms with E-state index in [2.05, 4.69) is 5.32 Å². The molecule has 2 unspecified atom stereocenters. The quantitative estimate of drug-likeness (QED) is 0.626. The van der Waals surface area contributed by atoms with Crippen LogP contribution in [0.4, 0.5) is 4.79 Å². The fourth-order valence-electron chi connectivity index (χ4n) is 1.63. The molecule has 4 N–H and O–H groups in total. The normalized spacial score (nSPS) is 22.6. The minimum Gasteiger partial charge on any atom is -0.481 e. The maximum absolute atomic E-state index is 11.6. The number of aliphatic carboxylic acids is 1. The fourth-order valence-corrected chi connectivity index (χ4v) is 1.63. The van der Waals surface area contributed by atoms with Crippen LogP contribution in [0.2, 0.25) is 0 Å². The van der Waals surface area contributed by atoms with Crippen LogP contribution in [0.1, 0.15) is 19.8 Å². The summed E-state index contributed by atoms with van der Waals surface area (Å²) in [5.74, 6) is -1.47. The van der Waals surface area contributed by atoms with Crippen LogP contribution in [0.25, 0.3) is 0 Å². The highest BCUT2D eigenvalue weighted by molar-refractivity contribution is 5.76. The Balaban J connectivity index is 2.31. The first-order valence-corrected chi connectivity index (χ1v) is 5.52. The van der Waals surface area contributed by atoms with Gasteiger partial charge in [-0.1, -0.05) is 6.92 Å². The molecule has 16 heavy (non-hydrogen) atoms. The van der Waals surface area contributed by atoms with Gasteiger partial charge in [0.2, 0.25) is 0 Å². The zero-order chi connectivity index (χ0) is 12.1. The van der Waals surface area contributed by atoms with Crippen LogP contribution < -0.4 is 11.1 Å². The number of carbonyl (C=O) groups excluding carboxylic acids is 1. The lowest BCUT2D eigenvalue weighted by Crippen LogP contribution is -2.50. The first kappa shape index (κ1) is 12.8. The van der Waals surface area contributed by atoms with Crippen molar-refractivity contribution >= 4 is 12.0 Å². The Kier molecular flexibility index (Phi) is 4.54. The van der Waals surface area contributed by atoms with Crippen molar-refractivity contribution in [2.24, 2.45) is 11.7 Å². The van der Waals surface area contributed by atoms with Gasteiger partial charge in [0, 0.05) is 25.7 Å². The summed E-state index contributed by atoms with van der Waals surface area (Å²) in [6, 6.07) is -0.181. The molecule has 1 saturated heterocycles. The topological polar surface area (TPSA) is 95.7 Å². The van der Waals surface area contributed by atoms with Crippen LogP contribution in [0, 0.1) is 5.92 Å². The first-order valence-electron chi connectivity index (χ1n) is 5.52. The largest absolute Gasteiger partial charge is 0.481 e. The zero-order valence-corrected chi connectivity index (χ0v) is 9.48. The molecule has 0 aromatic rings. The first-order chi connectivity index (χ1) is 7.50. The Bertz CT molecular complexity index is 270. The molecule has 0 aromatic heterocycles. The lowest BCUT2D eigenvalue weighted by molar-refractivity contribution is -0.140. The number of urea groups is 1. The summed E-state index contributed by atoms with van der Waals surface area (Å²) in [6.07, 6.45) is 1.85. The van der Waals surface area contributed by atoms with Gasteiger partial charge in [0.05, 0.1) is 5.92 Å². The molecule has 1 heterocycles. The summed E-state index contributed by atoms with van der Waals surface area (Å²) in [4.78, 5) is 23.8. The van der Waals surface area contributed by atoms with E-state index >= 15 is 0 Å². The predicted octanol–water partition coefficient (Wildman–Crippen LogP) is -0.160. The minimum absolute atomic E-state index is 0.0383.